The summed E-state index contributed by atoms with van der Waals surface area (Å²) in [5, 5.41) is 15.2. The largest absolute Gasteiger partial charge is 0.478 e. The number of nitrogens with one attached hydrogen (secondary N) is 2. The van der Waals surface area contributed by atoms with E-state index in [4.69, 9.17) is 5.11 Å². The minimum absolute atomic E-state index is 0.311. The van der Waals surface area contributed by atoms with Gasteiger partial charge < -0.3 is 15.7 Å². The monoisotopic (exact) mass is 222 g/mol. The quantitative estimate of drug-likeness (QED) is 0.642. The molecule has 0 aromatic heterocycles. The SMILES string of the molecule is CC(C)NCCNc1ccc(C(=O)O)cc1. The minimum atomic E-state index is -0.895. The van der Waals surface area contributed by atoms with E-state index in [-0.39, 0.29) is 0 Å². The molecule has 0 bridgehead atoms. The normalized spacial score (nSPS) is 10.4. The molecule has 0 unspecified atom stereocenters. The van der Waals surface area contributed by atoms with Crippen LogP contribution < -0.4 is 10.6 Å². The van der Waals surface area contributed by atoms with Gasteiger partial charge in [-0.25, -0.2) is 4.79 Å². The fourth-order valence-electron chi connectivity index (χ4n) is 1.30. The van der Waals surface area contributed by atoms with Crippen LogP contribution in [0.5, 0.6) is 0 Å². The van der Waals surface area contributed by atoms with Crippen LogP contribution in [0.1, 0.15) is 24.2 Å². The molecule has 0 aliphatic rings. The maximum absolute atomic E-state index is 10.6. The van der Waals surface area contributed by atoms with Crippen molar-refractivity contribution in [3.8, 4) is 0 Å². The van der Waals surface area contributed by atoms with Crippen molar-refractivity contribution in [1.82, 2.24) is 5.32 Å². The molecule has 1 aromatic rings. The van der Waals surface area contributed by atoms with Gasteiger partial charge in [0, 0.05) is 24.8 Å². The van der Waals surface area contributed by atoms with Gasteiger partial charge in [0.2, 0.25) is 0 Å². The first-order valence-electron chi connectivity index (χ1n) is 5.40. The Kier molecular flexibility index (Phi) is 4.79. The first-order chi connectivity index (χ1) is 7.59. The van der Waals surface area contributed by atoms with Gasteiger partial charge in [0.1, 0.15) is 0 Å². The molecular weight excluding hydrogens is 204 g/mol. The van der Waals surface area contributed by atoms with Crippen molar-refractivity contribution in [3.63, 3.8) is 0 Å². The molecule has 0 radical (unpaired) electrons. The highest BCUT2D eigenvalue weighted by atomic mass is 16.4. The van der Waals surface area contributed by atoms with Crippen molar-refractivity contribution >= 4 is 11.7 Å². The number of anilines is 1. The van der Waals surface area contributed by atoms with Gasteiger partial charge in [-0.2, -0.15) is 0 Å². The van der Waals surface area contributed by atoms with Crippen molar-refractivity contribution < 1.29 is 9.90 Å². The summed E-state index contributed by atoms with van der Waals surface area (Å²) >= 11 is 0. The third-order valence-electron chi connectivity index (χ3n) is 2.14. The molecule has 16 heavy (non-hydrogen) atoms. The zero-order chi connectivity index (χ0) is 12.0. The van der Waals surface area contributed by atoms with E-state index < -0.39 is 5.97 Å². The Morgan fingerprint density at radius 3 is 2.38 bits per heavy atom. The van der Waals surface area contributed by atoms with Crippen LogP contribution in [-0.2, 0) is 0 Å². The smallest absolute Gasteiger partial charge is 0.335 e. The van der Waals surface area contributed by atoms with Crippen LogP contribution in [0.15, 0.2) is 24.3 Å². The number of carboxylic acids is 1. The number of hydrogen-bond donors (Lipinski definition) is 3. The van der Waals surface area contributed by atoms with Gasteiger partial charge >= 0.3 is 5.97 Å². The van der Waals surface area contributed by atoms with Gasteiger partial charge in [-0.15, -0.1) is 0 Å². The van der Waals surface area contributed by atoms with Crippen LogP contribution in [0.2, 0.25) is 0 Å². The maximum atomic E-state index is 10.6. The average Bonchev–Trinajstić information content (AvgIpc) is 2.25. The van der Waals surface area contributed by atoms with Gasteiger partial charge in [-0.3, -0.25) is 0 Å². The molecule has 0 heterocycles. The molecule has 88 valence electrons. The number of aromatic carboxylic acids is 1. The third kappa shape index (κ3) is 4.31. The molecule has 0 spiro atoms. The minimum Gasteiger partial charge on any atom is -0.478 e. The summed E-state index contributed by atoms with van der Waals surface area (Å²) in [5.74, 6) is -0.895. The van der Waals surface area contributed by atoms with Crippen LogP contribution in [0.25, 0.3) is 0 Å². The second-order valence-electron chi connectivity index (χ2n) is 3.92. The number of carbonyl (C=O) groups is 1. The fraction of sp³-hybridized carbons (Fsp3) is 0.417. The lowest BCUT2D eigenvalue weighted by Crippen LogP contribution is -2.28. The predicted molar refractivity (Wildman–Crippen MR) is 65.0 cm³/mol. The van der Waals surface area contributed by atoms with Gasteiger partial charge in [0.25, 0.3) is 0 Å². The highest BCUT2D eigenvalue weighted by Crippen LogP contribution is 2.08. The van der Waals surface area contributed by atoms with E-state index in [0.29, 0.717) is 11.6 Å². The van der Waals surface area contributed by atoms with Crippen molar-refractivity contribution in [2.75, 3.05) is 18.4 Å². The summed E-state index contributed by atoms with van der Waals surface area (Å²) in [4.78, 5) is 10.6. The number of hydrogen-bond acceptors (Lipinski definition) is 3. The van der Waals surface area contributed by atoms with E-state index in [1.54, 1.807) is 24.3 Å². The Balaban J connectivity index is 2.35. The van der Waals surface area contributed by atoms with Gasteiger partial charge in [0.15, 0.2) is 0 Å². The van der Waals surface area contributed by atoms with E-state index in [2.05, 4.69) is 24.5 Å². The third-order valence-corrected chi connectivity index (χ3v) is 2.14. The first kappa shape index (κ1) is 12.5. The second-order valence-corrected chi connectivity index (χ2v) is 3.92. The Bertz CT molecular complexity index is 333. The highest BCUT2D eigenvalue weighted by molar-refractivity contribution is 5.87. The van der Waals surface area contributed by atoms with Crippen molar-refractivity contribution in [1.29, 1.82) is 0 Å². The Hall–Kier alpha value is -1.55. The summed E-state index contributed by atoms with van der Waals surface area (Å²) in [5.41, 5.74) is 1.25. The van der Waals surface area contributed by atoms with Gasteiger partial charge in [-0.05, 0) is 24.3 Å². The Labute approximate surface area is 95.7 Å². The Morgan fingerprint density at radius 1 is 1.25 bits per heavy atom. The van der Waals surface area contributed by atoms with Gasteiger partial charge in [0.05, 0.1) is 5.56 Å². The van der Waals surface area contributed by atoms with E-state index in [1.165, 1.54) is 0 Å². The zero-order valence-corrected chi connectivity index (χ0v) is 9.66. The first-order valence-corrected chi connectivity index (χ1v) is 5.40. The lowest BCUT2D eigenvalue weighted by molar-refractivity contribution is 0.0697. The lowest BCUT2D eigenvalue weighted by atomic mass is 10.2. The highest BCUT2D eigenvalue weighted by Gasteiger charge is 2.00. The molecule has 4 heteroatoms. The van der Waals surface area contributed by atoms with Crippen molar-refractivity contribution in [3.05, 3.63) is 29.8 Å². The molecule has 1 aromatic carbocycles. The summed E-state index contributed by atoms with van der Waals surface area (Å²) < 4.78 is 0. The number of rotatable bonds is 6. The van der Waals surface area contributed by atoms with Crippen molar-refractivity contribution in [2.45, 2.75) is 19.9 Å². The molecule has 0 saturated heterocycles. The summed E-state index contributed by atoms with van der Waals surface area (Å²) in [6.45, 7) is 5.91. The second kappa shape index (κ2) is 6.12. The molecule has 0 aliphatic carbocycles. The molecule has 0 aliphatic heterocycles. The summed E-state index contributed by atoms with van der Waals surface area (Å²) in [7, 11) is 0. The van der Waals surface area contributed by atoms with E-state index in [9.17, 15) is 4.79 Å². The molecule has 4 nitrogen and oxygen atoms in total. The molecule has 1 rings (SSSR count). The van der Waals surface area contributed by atoms with Crippen LogP contribution in [0, 0.1) is 0 Å². The van der Waals surface area contributed by atoms with Crippen LogP contribution in [-0.4, -0.2) is 30.2 Å². The van der Waals surface area contributed by atoms with E-state index >= 15 is 0 Å². The molecule has 0 saturated carbocycles. The standard InChI is InChI=1S/C12H18N2O2/c1-9(2)13-7-8-14-11-5-3-10(4-6-11)12(15)16/h3-6,9,13-14H,7-8H2,1-2H3,(H,15,16). The van der Waals surface area contributed by atoms with E-state index in [1.807, 2.05) is 0 Å². The predicted octanol–water partition coefficient (Wildman–Crippen LogP) is 1.79. The van der Waals surface area contributed by atoms with Crippen molar-refractivity contribution in [2.24, 2.45) is 0 Å². The van der Waals surface area contributed by atoms with Crippen LogP contribution in [0.4, 0.5) is 5.69 Å². The zero-order valence-electron chi connectivity index (χ0n) is 9.66. The molecule has 0 fully saturated rings. The molecule has 0 atom stereocenters. The number of carboxylic acid groups (broad SMARTS) is 1. The van der Waals surface area contributed by atoms with Crippen LogP contribution >= 0.6 is 0 Å². The molecule has 3 N–H and O–H groups in total. The lowest BCUT2D eigenvalue weighted by Gasteiger charge is -2.10. The topological polar surface area (TPSA) is 61.4 Å². The number of benzene rings is 1. The average molecular weight is 222 g/mol. The summed E-state index contributed by atoms with van der Waals surface area (Å²) in [6.07, 6.45) is 0. The fourth-order valence-corrected chi connectivity index (χ4v) is 1.30. The summed E-state index contributed by atoms with van der Waals surface area (Å²) in [6, 6.07) is 7.23. The maximum Gasteiger partial charge on any atom is 0.335 e. The van der Waals surface area contributed by atoms with Gasteiger partial charge in [-0.1, -0.05) is 13.8 Å². The molecular formula is C12H18N2O2. The molecule has 0 amide bonds. The van der Waals surface area contributed by atoms with Crippen LogP contribution in [0.3, 0.4) is 0 Å². The van der Waals surface area contributed by atoms with E-state index in [0.717, 1.165) is 18.8 Å². The Morgan fingerprint density at radius 2 is 1.88 bits per heavy atom.